The number of halogens is 1. The fraction of sp³-hybridized carbons (Fsp3) is 0.176. The van der Waals surface area contributed by atoms with Crippen LogP contribution in [0.5, 0.6) is 0 Å². The second-order valence-electron chi connectivity index (χ2n) is 5.41. The van der Waals surface area contributed by atoms with Gasteiger partial charge >= 0.3 is 0 Å². The monoisotopic (exact) mass is 310 g/mol. The molecule has 2 atom stereocenters. The van der Waals surface area contributed by atoms with Gasteiger partial charge in [0.1, 0.15) is 6.33 Å². The summed E-state index contributed by atoms with van der Waals surface area (Å²) in [6.07, 6.45) is 2.47. The lowest BCUT2D eigenvalue weighted by molar-refractivity contribution is 0.431. The minimum atomic E-state index is 0.121. The molecule has 3 aromatic rings. The Morgan fingerprint density at radius 3 is 2.64 bits per heavy atom. The van der Waals surface area contributed by atoms with Crippen LogP contribution in [-0.4, -0.2) is 14.8 Å². The van der Waals surface area contributed by atoms with Crippen molar-refractivity contribution >= 4 is 17.5 Å². The average molecular weight is 311 g/mol. The van der Waals surface area contributed by atoms with Crippen molar-refractivity contribution in [2.24, 2.45) is 0 Å². The maximum Gasteiger partial charge on any atom is 0.222 e. The summed E-state index contributed by atoms with van der Waals surface area (Å²) in [5.74, 6) is 0.782. The van der Waals surface area contributed by atoms with Gasteiger partial charge in [-0.3, -0.25) is 0 Å². The summed E-state index contributed by atoms with van der Waals surface area (Å²) in [6.45, 7) is 0. The van der Waals surface area contributed by atoms with Gasteiger partial charge in [0.2, 0.25) is 5.95 Å². The molecule has 2 aromatic carbocycles. The van der Waals surface area contributed by atoms with Crippen molar-refractivity contribution in [1.82, 2.24) is 14.8 Å². The number of anilines is 1. The second-order valence-corrected chi connectivity index (χ2v) is 5.82. The van der Waals surface area contributed by atoms with Crippen molar-refractivity contribution in [2.45, 2.75) is 18.5 Å². The highest BCUT2D eigenvalue weighted by atomic mass is 35.5. The van der Waals surface area contributed by atoms with Crippen LogP contribution in [0.4, 0.5) is 5.95 Å². The summed E-state index contributed by atoms with van der Waals surface area (Å²) in [7, 11) is 0. The predicted molar refractivity (Wildman–Crippen MR) is 87.0 cm³/mol. The lowest BCUT2D eigenvalue weighted by Gasteiger charge is -2.32. The molecule has 110 valence electrons. The Morgan fingerprint density at radius 1 is 1.05 bits per heavy atom. The van der Waals surface area contributed by atoms with Crippen molar-refractivity contribution in [3.05, 3.63) is 77.1 Å². The molecule has 0 bridgehead atoms. The molecule has 22 heavy (non-hydrogen) atoms. The number of nitrogens with zero attached hydrogens (tertiary/aromatic N) is 3. The highest BCUT2D eigenvalue weighted by molar-refractivity contribution is 6.31. The molecule has 1 aliphatic heterocycles. The van der Waals surface area contributed by atoms with Gasteiger partial charge in [0.05, 0.1) is 12.1 Å². The topological polar surface area (TPSA) is 42.7 Å². The SMILES string of the molecule is Clc1ccccc1[C@H]1C[C@@H](c2ccccc2)n2ncnc2N1. The van der Waals surface area contributed by atoms with Gasteiger partial charge < -0.3 is 5.32 Å². The van der Waals surface area contributed by atoms with E-state index >= 15 is 0 Å². The van der Waals surface area contributed by atoms with Crippen LogP contribution < -0.4 is 5.32 Å². The molecule has 0 spiro atoms. The van der Waals surface area contributed by atoms with Crippen molar-refractivity contribution in [3.8, 4) is 0 Å². The van der Waals surface area contributed by atoms with Crippen molar-refractivity contribution in [2.75, 3.05) is 5.32 Å². The molecule has 0 radical (unpaired) electrons. The van der Waals surface area contributed by atoms with Crippen LogP contribution in [0.25, 0.3) is 0 Å². The standard InChI is InChI=1S/C17H15ClN4/c18-14-9-5-4-8-13(14)15-10-16(12-6-2-1-3-7-12)22-17(21-15)19-11-20-22/h1-9,11,15-16H,10H2,(H,19,20,21)/t15-,16+/m1/s1. The molecule has 0 saturated heterocycles. The molecular formula is C17H15ClN4. The molecule has 0 fully saturated rings. The van der Waals surface area contributed by atoms with Gasteiger partial charge in [-0.05, 0) is 23.6 Å². The first-order valence-corrected chi connectivity index (χ1v) is 7.66. The maximum atomic E-state index is 6.37. The Labute approximate surface area is 133 Å². The van der Waals surface area contributed by atoms with Crippen LogP contribution in [-0.2, 0) is 0 Å². The zero-order chi connectivity index (χ0) is 14.9. The first-order valence-electron chi connectivity index (χ1n) is 7.28. The predicted octanol–water partition coefficient (Wildman–Crippen LogP) is 4.08. The molecule has 2 heterocycles. The lowest BCUT2D eigenvalue weighted by atomic mass is 9.93. The zero-order valence-electron chi connectivity index (χ0n) is 11.9. The first-order chi connectivity index (χ1) is 10.8. The lowest BCUT2D eigenvalue weighted by Crippen LogP contribution is -2.28. The summed E-state index contributed by atoms with van der Waals surface area (Å²) in [4.78, 5) is 4.34. The van der Waals surface area contributed by atoms with E-state index in [1.54, 1.807) is 6.33 Å². The molecule has 1 N–H and O–H groups in total. The van der Waals surface area contributed by atoms with Crippen LogP contribution in [0.3, 0.4) is 0 Å². The highest BCUT2D eigenvalue weighted by Gasteiger charge is 2.30. The molecule has 5 heteroatoms. The van der Waals surface area contributed by atoms with Crippen molar-refractivity contribution in [1.29, 1.82) is 0 Å². The van der Waals surface area contributed by atoms with Crippen LogP contribution in [0, 0.1) is 0 Å². The maximum absolute atomic E-state index is 6.37. The minimum Gasteiger partial charge on any atom is -0.347 e. The van der Waals surface area contributed by atoms with Gasteiger partial charge in [-0.15, -0.1) is 0 Å². The summed E-state index contributed by atoms with van der Waals surface area (Å²) in [5.41, 5.74) is 2.33. The van der Waals surface area contributed by atoms with E-state index in [4.69, 9.17) is 11.6 Å². The van der Waals surface area contributed by atoms with Crippen molar-refractivity contribution < 1.29 is 0 Å². The number of aromatic nitrogens is 3. The Kier molecular flexibility index (Phi) is 3.31. The number of hydrogen-bond donors (Lipinski definition) is 1. The van der Waals surface area contributed by atoms with Crippen molar-refractivity contribution in [3.63, 3.8) is 0 Å². The van der Waals surface area contributed by atoms with Gasteiger partial charge in [0, 0.05) is 5.02 Å². The van der Waals surface area contributed by atoms with E-state index in [9.17, 15) is 0 Å². The molecule has 4 nitrogen and oxygen atoms in total. The van der Waals surface area contributed by atoms with Crippen LogP contribution >= 0.6 is 11.6 Å². The summed E-state index contributed by atoms with van der Waals surface area (Å²) < 4.78 is 1.95. The minimum absolute atomic E-state index is 0.121. The van der Waals surface area contributed by atoms with Gasteiger partial charge in [-0.1, -0.05) is 60.1 Å². The Hall–Kier alpha value is -2.33. The van der Waals surface area contributed by atoms with Gasteiger partial charge in [-0.25, -0.2) is 4.68 Å². The average Bonchev–Trinajstić information content (AvgIpc) is 3.03. The number of benzene rings is 2. The van der Waals surface area contributed by atoms with E-state index in [1.165, 1.54) is 5.56 Å². The molecule has 0 unspecified atom stereocenters. The first kappa shape index (κ1) is 13.3. The quantitative estimate of drug-likeness (QED) is 0.775. The third-order valence-electron chi connectivity index (χ3n) is 4.10. The van der Waals surface area contributed by atoms with Gasteiger partial charge in [0.15, 0.2) is 0 Å². The molecule has 1 aromatic heterocycles. The fourth-order valence-corrected chi connectivity index (χ4v) is 3.30. The molecule has 4 rings (SSSR count). The number of hydrogen-bond acceptors (Lipinski definition) is 3. The summed E-state index contributed by atoms with van der Waals surface area (Å²) >= 11 is 6.37. The molecule has 0 aliphatic carbocycles. The summed E-state index contributed by atoms with van der Waals surface area (Å²) in [5, 5.41) is 8.59. The third kappa shape index (κ3) is 2.25. The van der Waals surface area contributed by atoms with E-state index < -0.39 is 0 Å². The number of nitrogens with one attached hydrogen (secondary N) is 1. The zero-order valence-corrected chi connectivity index (χ0v) is 12.6. The van der Waals surface area contributed by atoms with E-state index in [2.05, 4.69) is 45.7 Å². The molecular weight excluding hydrogens is 296 g/mol. The third-order valence-corrected chi connectivity index (χ3v) is 4.44. The fourth-order valence-electron chi connectivity index (χ4n) is 3.03. The van der Waals surface area contributed by atoms with E-state index in [1.807, 2.05) is 28.9 Å². The Bertz CT molecular complexity index is 784. The molecule has 0 saturated carbocycles. The van der Waals surface area contributed by atoms with Crippen LogP contribution in [0.2, 0.25) is 5.02 Å². The largest absolute Gasteiger partial charge is 0.347 e. The van der Waals surface area contributed by atoms with Gasteiger partial charge in [0.25, 0.3) is 0 Å². The van der Waals surface area contributed by atoms with E-state index in [-0.39, 0.29) is 12.1 Å². The van der Waals surface area contributed by atoms with E-state index in [0.717, 1.165) is 23.0 Å². The van der Waals surface area contributed by atoms with Crippen LogP contribution in [0.15, 0.2) is 60.9 Å². The Morgan fingerprint density at radius 2 is 1.82 bits per heavy atom. The molecule has 1 aliphatic rings. The van der Waals surface area contributed by atoms with E-state index in [0.29, 0.717) is 0 Å². The smallest absolute Gasteiger partial charge is 0.222 e. The summed E-state index contributed by atoms with van der Waals surface area (Å²) in [6, 6.07) is 18.6. The number of rotatable bonds is 2. The second kappa shape index (κ2) is 5.46. The normalized spacial score (nSPS) is 20.2. The highest BCUT2D eigenvalue weighted by Crippen LogP contribution is 2.39. The number of fused-ring (bicyclic) bond motifs is 1. The Balaban J connectivity index is 1.76. The van der Waals surface area contributed by atoms with Gasteiger partial charge in [-0.2, -0.15) is 10.1 Å². The molecule has 0 amide bonds. The van der Waals surface area contributed by atoms with Crippen LogP contribution in [0.1, 0.15) is 29.6 Å².